The summed E-state index contributed by atoms with van der Waals surface area (Å²) >= 11 is 0. The highest BCUT2D eigenvalue weighted by atomic mass is 16.5. The van der Waals surface area contributed by atoms with Crippen LogP contribution in [0.5, 0.6) is 0 Å². The number of aromatic nitrogens is 2. The number of carboxylic acid groups (broad SMARTS) is 1. The summed E-state index contributed by atoms with van der Waals surface area (Å²) in [5, 5.41) is 15.1. The molecule has 1 heterocycles. The van der Waals surface area contributed by atoms with Gasteiger partial charge in [0.25, 0.3) is 11.7 Å². The highest BCUT2D eigenvalue weighted by molar-refractivity contribution is 5.89. The average molecular weight is 323 g/mol. The highest BCUT2D eigenvalue weighted by Crippen LogP contribution is 2.31. The van der Waals surface area contributed by atoms with Crippen LogP contribution in [0.4, 0.5) is 0 Å². The monoisotopic (exact) mass is 323 g/mol. The molecule has 0 spiro atoms. The largest absolute Gasteiger partial charge is 0.481 e. The van der Waals surface area contributed by atoms with E-state index < -0.39 is 11.9 Å². The zero-order valence-corrected chi connectivity index (χ0v) is 13.6. The van der Waals surface area contributed by atoms with E-state index in [9.17, 15) is 9.59 Å². The van der Waals surface area contributed by atoms with Gasteiger partial charge >= 0.3 is 5.97 Å². The normalized spacial score (nSPS) is 16.9. The second-order valence-electron chi connectivity index (χ2n) is 6.27. The molecule has 2 rings (SSSR count). The Labute approximate surface area is 135 Å². The van der Waals surface area contributed by atoms with Crippen LogP contribution in [-0.2, 0) is 4.79 Å². The van der Waals surface area contributed by atoms with Crippen LogP contribution >= 0.6 is 0 Å². The lowest BCUT2D eigenvalue weighted by Crippen LogP contribution is -2.19. The van der Waals surface area contributed by atoms with Gasteiger partial charge in [-0.05, 0) is 12.3 Å². The van der Waals surface area contributed by atoms with Crippen LogP contribution in [0.3, 0.4) is 0 Å². The number of carboxylic acids is 1. The number of amides is 1. The molecule has 1 aromatic heterocycles. The predicted octanol–water partition coefficient (Wildman–Crippen LogP) is 2.74. The fraction of sp³-hybridized carbons (Fsp3) is 0.750. The maximum atomic E-state index is 11.5. The molecule has 0 aromatic carbocycles. The average Bonchev–Trinajstić information content (AvgIpc) is 3.04. The van der Waals surface area contributed by atoms with Crippen LogP contribution in [0, 0.1) is 5.92 Å². The third kappa shape index (κ3) is 5.33. The number of carbonyl (C=O) groups excluding carboxylic acids is 1. The van der Waals surface area contributed by atoms with Crippen molar-refractivity contribution in [2.24, 2.45) is 5.92 Å². The van der Waals surface area contributed by atoms with Crippen molar-refractivity contribution in [1.29, 1.82) is 0 Å². The van der Waals surface area contributed by atoms with E-state index in [1.54, 1.807) is 0 Å². The quantitative estimate of drug-likeness (QED) is 0.762. The molecule has 128 valence electrons. The molecule has 1 unspecified atom stereocenters. The van der Waals surface area contributed by atoms with Crippen molar-refractivity contribution in [1.82, 2.24) is 15.5 Å². The minimum absolute atomic E-state index is 0.0508. The first-order valence-corrected chi connectivity index (χ1v) is 8.37. The molecule has 1 saturated carbocycles. The van der Waals surface area contributed by atoms with Gasteiger partial charge < -0.3 is 14.9 Å². The van der Waals surface area contributed by atoms with E-state index in [1.165, 1.54) is 39.2 Å². The van der Waals surface area contributed by atoms with Gasteiger partial charge in [0.15, 0.2) is 0 Å². The molecule has 0 saturated heterocycles. The smallest absolute Gasteiger partial charge is 0.304 e. The van der Waals surface area contributed by atoms with Crippen LogP contribution in [0.1, 0.15) is 80.2 Å². The van der Waals surface area contributed by atoms with Crippen molar-refractivity contribution in [3.8, 4) is 0 Å². The van der Waals surface area contributed by atoms with Gasteiger partial charge in [-0.15, -0.1) is 0 Å². The standard InChI is InChI=1S/C16H25N3O4/c1-17-15(22)14-18-16(23-19-14)12(10-13(20)21)9-5-8-11-6-3-2-4-7-11/h11-12H,2-10H2,1H3,(H,17,22)(H,20,21). The Morgan fingerprint density at radius 2 is 2.09 bits per heavy atom. The number of hydrogen-bond donors (Lipinski definition) is 2. The lowest BCUT2D eigenvalue weighted by atomic mass is 9.84. The Morgan fingerprint density at radius 3 is 2.74 bits per heavy atom. The summed E-state index contributed by atoms with van der Waals surface area (Å²) in [5.74, 6) is -0.705. The summed E-state index contributed by atoms with van der Waals surface area (Å²) in [7, 11) is 1.48. The van der Waals surface area contributed by atoms with Crippen molar-refractivity contribution < 1.29 is 19.2 Å². The van der Waals surface area contributed by atoms with Gasteiger partial charge in [0.2, 0.25) is 5.89 Å². The summed E-state index contributed by atoms with van der Waals surface area (Å²) < 4.78 is 5.11. The molecule has 0 radical (unpaired) electrons. The number of hydrogen-bond acceptors (Lipinski definition) is 5. The lowest BCUT2D eigenvalue weighted by Gasteiger charge is -2.21. The minimum atomic E-state index is -0.896. The van der Waals surface area contributed by atoms with Gasteiger partial charge in [-0.25, -0.2) is 0 Å². The third-order valence-corrected chi connectivity index (χ3v) is 4.53. The van der Waals surface area contributed by atoms with Crippen molar-refractivity contribution in [3.05, 3.63) is 11.7 Å². The molecule has 7 heteroatoms. The Morgan fingerprint density at radius 1 is 1.35 bits per heavy atom. The second kappa shape index (κ2) is 8.64. The molecule has 1 aliphatic carbocycles. The molecule has 1 amide bonds. The number of rotatable bonds is 8. The van der Waals surface area contributed by atoms with Crippen LogP contribution in [0.2, 0.25) is 0 Å². The van der Waals surface area contributed by atoms with E-state index in [4.69, 9.17) is 9.63 Å². The molecule has 2 N–H and O–H groups in total. The second-order valence-corrected chi connectivity index (χ2v) is 6.27. The summed E-state index contributed by atoms with van der Waals surface area (Å²) in [6.45, 7) is 0. The molecule has 1 fully saturated rings. The van der Waals surface area contributed by atoms with E-state index in [1.807, 2.05) is 0 Å². The topological polar surface area (TPSA) is 105 Å². The van der Waals surface area contributed by atoms with E-state index in [2.05, 4.69) is 15.5 Å². The van der Waals surface area contributed by atoms with Gasteiger partial charge in [0, 0.05) is 13.0 Å². The Kier molecular flexibility index (Phi) is 6.55. The Bertz CT molecular complexity index is 523. The van der Waals surface area contributed by atoms with Gasteiger partial charge in [0.1, 0.15) is 0 Å². The molecular formula is C16H25N3O4. The van der Waals surface area contributed by atoms with Crippen molar-refractivity contribution in [3.63, 3.8) is 0 Å². The van der Waals surface area contributed by atoms with Crippen LogP contribution < -0.4 is 5.32 Å². The van der Waals surface area contributed by atoms with E-state index in [0.29, 0.717) is 6.42 Å². The van der Waals surface area contributed by atoms with Crippen molar-refractivity contribution in [2.75, 3.05) is 7.05 Å². The fourth-order valence-corrected chi connectivity index (χ4v) is 3.26. The van der Waals surface area contributed by atoms with Crippen LogP contribution in [-0.4, -0.2) is 34.2 Å². The SMILES string of the molecule is CNC(=O)c1noc(C(CCCC2CCCCC2)CC(=O)O)n1. The molecule has 0 aliphatic heterocycles. The molecule has 1 aromatic rings. The molecule has 1 atom stereocenters. The van der Waals surface area contributed by atoms with Gasteiger partial charge in [0.05, 0.1) is 6.42 Å². The maximum absolute atomic E-state index is 11.5. The fourth-order valence-electron chi connectivity index (χ4n) is 3.26. The first-order chi connectivity index (χ1) is 11.1. The van der Waals surface area contributed by atoms with E-state index in [0.717, 1.165) is 18.8 Å². The number of nitrogens with one attached hydrogen (secondary N) is 1. The highest BCUT2D eigenvalue weighted by Gasteiger charge is 2.24. The lowest BCUT2D eigenvalue weighted by molar-refractivity contribution is -0.137. The first-order valence-electron chi connectivity index (χ1n) is 8.37. The van der Waals surface area contributed by atoms with E-state index >= 15 is 0 Å². The third-order valence-electron chi connectivity index (χ3n) is 4.53. The number of aliphatic carboxylic acids is 1. The predicted molar refractivity (Wildman–Crippen MR) is 83.1 cm³/mol. The van der Waals surface area contributed by atoms with Gasteiger partial charge in [-0.2, -0.15) is 4.98 Å². The molecular weight excluding hydrogens is 298 g/mol. The number of carbonyl (C=O) groups is 2. The zero-order valence-electron chi connectivity index (χ0n) is 13.6. The summed E-state index contributed by atoms with van der Waals surface area (Å²) in [5.41, 5.74) is 0. The van der Waals surface area contributed by atoms with Crippen LogP contribution in [0.15, 0.2) is 4.52 Å². The minimum Gasteiger partial charge on any atom is -0.481 e. The molecule has 7 nitrogen and oxygen atoms in total. The Balaban J connectivity index is 1.91. The van der Waals surface area contributed by atoms with Gasteiger partial charge in [-0.1, -0.05) is 50.1 Å². The molecule has 23 heavy (non-hydrogen) atoms. The summed E-state index contributed by atoms with van der Waals surface area (Å²) in [6, 6.07) is 0. The van der Waals surface area contributed by atoms with E-state index in [-0.39, 0.29) is 24.1 Å². The first kappa shape index (κ1) is 17.4. The Hall–Kier alpha value is -1.92. The summed E-state index contributed by atoms with van der Waals surface area (Å²) in [6.07, 6.45) is 9.22. The number of nitrogens with zero attached hydrogens (tertiary/aromatic N) is 2. The molecule has 0 bridgehead atoms. The maximum Gasteiger partial charge on any atom is 0.304 e. The summed E-state index contributed by atoms with van der Waals surface area (Å²) in [4.78, 5) is 26.6. The van der Waals surface area contributed by atoms with Crippen LogP contribution in [0.25, 0.3) is 0 Å². The van der Waals surface area contributed by atoms with Crippen molar-refractivity contribution >= 4 is 11.9 Å². The van der Waals surface area contributed by atoms with Crippen molar-refractivity contribution in [2.45, 2.75) is 63.7 Å². The zero-order chi connectivity index (χ0) is 16.7. The molecule has 1 aliphatic rings. The van der Waals surface area contributed by atoms with Gasteiger partial charge in [-0.3, -0.25) is 9.59 Å².